The Morgan fingerprint density at radius 2 is 2.09 bits per heavy atom. The third kappa shape index (κ3) is 3.98. The second-order valence-electron chi connectivity index (χ2n) is 4.73. The van der Waals surface area contributed by atoms with Crippen LogP contribution in [0, 0.1) is 13.8 Å². The summed E-state index contributed by atoms with van der Waals surface area (Å²) in [6, 6.07) is 7.00. The zero-order valence-corrected chi connectivity index (χ0v) is 13.7. The molecule has 1 aromatic carbocycles. The van der Waals surface area contributed by atoms with Crippen LogP contribution in [-0.2, 0) is 14.8 Å². The summed E-state index contributed by atoms with van der Waals surface area (Å²) in [4.78, 5) is 11.7. The SMILES string of the molecule is COc1cccc(/C=C/C(=O)NS(=O)(=O)c2c(C)noc2C)c1. The van der Waals surface area contributed by atoms with Gasteiger partial charge in [0.15, 0.2) is 10.7 Å². The summed E-state index contributed by atoms with van der Waals surface area (Å²) in [6.07, 6.45) is 2.62. The van der Waals surface area contributed by atoms with Crippen LogP contribution in [0.3, 0.4) is 0 Å². The molecule has 0 bridgehead atoms. The van der Waals surface area contributed by atoms with Gasteiger partial charge in [0.25, 0.3) is 15.9 Å². The fourth-order valence-electron chi connectivity index (χ4n) is 1.99. The number of aromatic nitrogens is 1. The lowest BCUT2D eigenvalue weighted by atomic mass is 10.2. The summed E-state index contributed by atoms with van der Waals surface area (Å²) >= 11 is 0. The molecule has 1 N–H and O–H groups in total. The first-order valence-corrected chi connectivity index (χ1v) is 8.13. The van der Waals surface area contributed by atoms with Gasteiger partial charge in [0, 0.05) is 6.08 Å². The van der Waals surface area contributed by atoms with Crippen molar-refractivity contribution < 1.29 is 22.5 Å². The van der Waals surface area contributed by atoms with Crippen molar-refractivity contribution in [3.63, 3.8) is 0 Å². The third-order valence-corrected chi connectivity index (χ3v) is 4.58. The van der Waals surface area contributed by atoms with Crippen molar-refractivity contribution in [2.75, 3.05) is 7.11 Å². The average molecular weight is 336 g/mol. The Morgan fingerprint density at radius 3 is 2.70 bits per heavy atom. The third-order valence-electron chi connectivity index (χ3n) is 2.99. The second kappa shape index (κ2) is 6.66. The Balaban J connectivity index is 2.14. The molecule has 0 spiro atoms. The summed E-state index contributed by atoms with van der Waals surface area (Å²) < 4.78 is 36.2. The number of benzene rings is 1. The van der Waals surface area contributed by atoms with Crippen molar-refractivity contribution in [3.05, 3.63) is 47.4 Å². The van der Waals surface area contributed by atoms with E-state index in [1.807, 2.05) is 4.72 Å². The lowest BCUT2D eigenvalue weighted by molar-refractivity contribution is -0.114. The summed E-state index contributed by atoms with van der Waals surface area (Å²) in [7, 11) is -2.49. The molecule has 0 unspecified atom stereocenters. The van der Waals surface area contributed by atoms with Gasteiger partial charge in [-0.2, -0.15) is 0 Å². The van der Waals surface area contributed by atoms with E-state index >= 15 is 0 Å². The van der Waals surface area contributed by atoms with E-state index in [4.69, 9.17) is 9.26 Å². The number of hydrogen-bond acceptors (Lipinski definition) is 6. The first-order chi connectivity index (χ1) is 10.8. The molecule has 0 atom stereocenters. The summed E-state index contributed by atoms with van der Waals surface area (Å²) in [6.45, 7) is 2.95. The molecule has 0 aliphatic carbocycles. The minimum Gasteiger partial charge on any atom is -0.497 e. The van der Waals surface area contributed by atoms with Crippen LogP contribution < -0.4 is 9.46 Å². The molecule has 23 heavy (non-hydrogen) atoms. The van der Waals surface area contributed by atoms with Crippen molar-refractivity contribution in [1.82, 2.24) is 9.88 Å². The summed E-state index contributed by atoms with van der Waals surface area (Å²) in [5.74, 6) is -0.0108. The fraction of sp³-hybridized carbons (Fsp3) is 0.200. The highest BCUT2D eigenvalue weighted by molar-refractivity contribution is 7.90. The molecule has 1 heterocycles. The minimum absolute atomic E-state index is 0.124. The Hall–Kier alpha value is -2.61. The van der Waals surface area contributed by atoms with Gasteiger partial charge < -0.3 is 9.26 Å². The number of ether oxygens (including phenoxy) is 1. The molecule has 122 valence electrons. The Labute approximate surface area is 134 Å². The highest BCUT2D eigenvalue weighted by Crippen LogP contribution is 2.18. The van der Waals surface area contributed by atoms with Gasteiger partial charge in [0.2, 0.25) is 0 Å². The molecule has 0 radical (unpaired) electrons. The standard InChI is InChI=1S/C15H16N2O5S/c1-10-15(11(2)22-16-10)23(19,20)17-14(18)8-7-12-5-4-6-13(9-12)21-3/h4-9H,1-3H3,(H,17,18)/b8-7+. The Bertz CT molecular complexity index is 833. The number of sulfonamides is 1. The molecule has 0 saturated heterocycles. The molecule has 0 aliphatic rings. The second-order valence-corrected chi connectivity index (χ2v) is 6.35. The number of methoxy groups -OCH3 is 1. The molecule has 0 saturated carbocycles. The van der Waals surface area contributed by atoms with Crippen LogP contribution in [0.4, 0.5) is 0 Å². The average Bonchev–Trinajstić information content (AvgIpc) is 2.84. The molecular weight excluding hydrogens is 320 g/mol. The van der Waals surface area contributed by atoms with Crippen LogP contribution in [0.2, 0.25) is 0 Å². The molecular formula is C15H16N2O5S. The van der Waals surface area contributed by atoms with Crippen LogP contribution in [0.1, 0.15) is 17.0 Å². The predicted octanol–water partition coefficient (Wildman–Crippen LogP) is 1.82. The highest BCUT2D eigenvalue weighted by atomic mass is 32.2. The van der Waals surface area contributed by atoms with Crippen LogP contribution in [0.5, 0.6) is 5.75 Å². The molecule has 2 aromatic rings. The zero-order chi connectivity index (χ0) is 17.0. The highest BCUT2D eigenvalue weighted by Gasteiger charge is 2.25. The topological polar surface area (TPSA) is 98.5 Å². The maximum atomic E-state index is 12.2. The van der Waals surface area contributed by atoms with Crippen LogP contribution >= 0.6 is 0 Å². The molecule has 0 fully saturated rings. The monoisotopic (exact) mass is 336 g/mol. The van der Waals surface area contributed by atoms with Crippen LogP contribution in [0.15, 0.2) is 39.8 Å². The maximum Gasteiger partial charge on any atom is 0.269 e. The van der Waals surface area contributed by atoms with Gasteiger partial charge in [0.1, 0.15) is 11.4 Å². The molecule has 1 amide bonds. The fourth-order valence-corrected chi connectivity index (χ4v) is 3.27. The smallest absolute Gasteiger partial charge is 0.269 e. The van der Waals surface area contributed by atoms with Gasteiger partial charge >= 0.3 is 0 Å². The number of rotatable bonds is 5. The van der Waals surface area contributed by atoms with E-state index in [0.29, 0.717) is 11.3 Å². The molecule has 2 rings (SSSR count). The predicted molar refractivity (Wildman–Crippen MR) is 83.3 cm³/mol. The first-order valence-electron chi connectivity index (χ1n) is 6.65. The molecule has 7 nitrogen and oxygen atoms in total. The number of carbonyl (C=O) groups excluding carboxylic acids is 1. The summed E-state index contributed by atoms with van der Waals surface area (Å²) in [5, 5.41) is 3.57. The van der Waals surface area contributed by atoms with Crippen molar-refractivity contribution in [1.29, 1.82) is 0 Å². The largest absolute Gasteiger partial charge is 0.497 e. The number of amides is 1. The van der Waals surface area contributed by atoms with Gasteiger partial charge in [-0.1, -0.05) is 17.3 Å². The van der Waals surface area contributed by atoms with Gasteiger partial charge in [0.05, 0.1) is 7.11 Å². The van der Waals surface area contributed by atoms with E-state index in [-0.39, 0.29) is 16.3 Å². The van der Waals surface area contributed by atoms with Gasteiger partial charge in [-0.3, -0.25) is 4.79 Å². The van der Waals surface area contributed by atoms with Crippen molar-refractivity contribution in [2.45, 2.75) is 18.7 Å². The van der Waals surface area contributed by atoms with E-state index in [9.17, 15) is 13.2 Å². The van der Waals surface area contributed by atoms with Crippen molar-refractivity contribution in [3.8, 4) is 5.75 Å². The van der Waals surface area contributed by atoms with Gasteiger partial charge in [-0.25, -0.2) is 13.1 Å². The number of carbonyl (C=O) groups is 1. The first kappa shape index (κ1) is 16.8. The van der Waals surface area contributed by atoms with Crippen LogP contribution in [-0.4, -0.2) is 26.6 Å². The lowest BCUT2D eigenvalue weighted by Gasteiger charge is -2.04. The molecule has 1 aromatic heterocycles. The molecule has 0 aliphatic heterocycles. The van der Waals surface area contributed by atoms with Gasteiger partial charge in [-0.15, -0.1) is 0 Å². The minimum atomic E-state index is -4.03. The van der Waals surface area contributed by atoms with E-state index < -0.39 is 15.9 Å². The zero-order valence-electron chi connectivity index (χ0n) is 12.9. The van der Waals surface area contributed by atoms with Crippen molar-refractivity contribution >= 4 is 22.0 Å². The number of nitrogens with one attached hydrogen (secondary N) is 1. The van der Waals surface area contributed by atoms with E-state index in [2.05, 4.69) is 5.16 Å². The number of hydrogen-bond donors (Lipinski definition) is 1. The van der Waals surface area contributed by atoms with Crippen molar-refractivity contribution in [2.24, 2.45) is 0 Å². The van der Waals surface area contributed by atoms with Crippen LogP contribution in [0.25, 0.3) is 6.08 Å². The van der Waals surface area contributed by atoms with E-state index in [1.165, 1.54) is 27.0 Å². The molecule has 8 heteroatoms. The van der Waals surface area contributed by atoms with Gasteiger partial charge in [-0.05, 0) is 37.6 Å². The maximum absolute atomic E-state index is 12.2. The van der Waals surface area contributed by atoms with E-state index in [0.717, 1.165) is 6.08 Å². The Kier molecular flexibility index (Phi) is 4.85. The normalized spacial score (nSPS) is 11.6. The Morgan fingerprint density at radius 1 is 1.35 bits per heavy atom. The van der Waals surface area contributed by atoms with E-state index in [1.54, 1.807) is 24.3 Å². The lowest BCUT2D eigenvalue weighted by Crippen LogP contribution is -2.29. The quantitative estimate of drug-likeness (QED) is 0.836. The number of nitrogens with zero attached hydrogens (tertiary/aromatic N) is 1. The summed E-state index contributed by atoms with van der Waals surface area (Å²) in [5.41, 5.74) is 0.897. The number of aryl methyl sites for hydroxylation is 2.